The molecule has 0 aliphatic rings. The van der Waals surface area contributed by atoms with Crippen LogP contribution in [0.4, 0.5) is 17.1 Å². The highest BCUT2D eigenvalue weighted by molar-refractivity contribution is 6.28. The number of nitrogens with zero attached hydrogens (tertiary/aromatic N) is 8. The zero-order valence-corrected chi connectivity index (χ0v) is 19.2. The first-order valence-electron chi connectivity index (χ1n) is 11.0. The first-order chi connectivity index (χ1) is 18.6. The van der Waals surface area contributed by atoms with Crippen molar-refractivity contribution in [2.24, 2.45) is 0 Å². The Hall–Kier alpha value is -6.58. The lowest BCUT2D eigenvalue weighted by Gasteiger charge is -2.15. The molecule has 0 spiro atoms. The Morgan fingerprint density at radius 3 is 1.58 bits per heavy atom. The van der Waals surface area contributed by atoms with Crippen molar-refractivity contribution < 1.29 is 0 Å². The summed E-state index contributed by atoms with van der Waals surface area (Å²) in [5.74, 6) is 0. The summed E-state index contributed by atoms with van der Waals surface area (Å²) in [5, 5.41) is 34.5. The summed E-state index contributed by atoms with van der Waals surface area (Å²) in [6.07, 6.45) is 0. The van der Waals surface area contributed by atoms with Gasteiger partial charge >= 0.3 is 0 Å². The van der Waals surface area contributed by atoms with E-state index >= 15 is 0 Å². The molecule has 5 aromatic carbocycles. The molecule has 0 unspecified atom stereocenters. The lowest BCUT2D eigenvalue weighted by atomic mass is 9.91. The zero-order valence-electron chi connectivity index (χ0n) is 19.2. The van der Waals surface area contributed by atoms with Gasteiger partial charge in [-0.15, -0.1) is 0 Å². The molecule has 6 rings (SSSR count). The molecule has 0 bridgehead atoms. The van der Waals surface area contributed by atoms with E-state index in [9.17, 15) is 15.8 Å². The summed E-state index contributed by atoms with van der Waals surface area (Å²) in [5.41, 5.74) is 0.205. The Morgan fingerprint density at radius 1 is 0.553 bits per heavy atom. The Balaban J connectivity index is 2.00. The molecule has 0 saturated carbocycles. The van der Waals surface area contributed by atoms with Gasteiger partial charge in [-0.05, 0) is 50.5 Å². The van der Waals surface area contributed by atoms with E-state index in [1.54, 1.807) is 12.1 Å². The fraction of sp³-hybridized carbons (Fsp3) is 0. The molecular formula is C30H8N8. The standard InChI is InChI=1S/C30H8N8/c1-34-26-21-10-18-17-8-15-6-4-5-7-16(15)9-20(17)28-29(38-25(14-33)24(13-32)37-28)22(18)11-19(21)23(12-31)27(35-2)30(26)36-3/h4-11H. The topological polar surface area (TPSA) is 110 Å². The van der Waals surface area contributed by atoms with Gasteiger partial charge in [0.1, 0.15) is 12.1 Å². The molecule has 8 heteroatoms. The average molecular weight is 480 g/mol. The minimum Gasteiger partial charge on any atom is -0.262 e. The highest BCUT2D eigenvalue weighted by atomic mass is 14.8. The molecule has 6 aromatic rings. The third-order valence-electron chi connectivity index (χ3n) is 6.61. The second-order valence-electron chi connectivity index (χ2n) is 8.40. The molecule has 168 valence electrons. The molecular weight excluding hydrogens is 472 g/mol. The van der Waals surface area contributed by atoms with Gasteiger partial charge in [0.2, 0.25) is 11.4 Å². The van der Waals surface area contributed by atoms with Gasteiger partial charge < -0.3 is 0 Å². The maximum atomic E-state index is 9.98. The monoisotopic (exact) mass is 480 g/mol. The van der Waals surface area contributed by atoms with E-state index in [1.165, 1.54) is 0 Å². The number of hydrogen-bond donors (Lipinski definition) is 0. The number of nitriles is 3. The van der Waals surface area contributed by atoms with E-state index in [0.717, 1.165) is 16.2 Å². The highest BCUT2D eigenvalue weighted by Crippen LogP contribution is 2.49. The quantitative estimate of drug-likeness (QED) is 0.127. The minimum atomic E-state index is -0.174. The van der Waals surface area contributed by atoms with Crippen LogP contribution in [0.2, 0.25) is 0 Å². The molecule has 1 aromatic heterocycles. The first-order valence-corrected chi connectivity index (χ1v) is 11.0. The van der Waals surface area contributed by atoms with E-state index in [1.807, 2.05) is 54.6 Å². The maximum absolute atomic E-state index is 9.98. The van der Waals surface area contributed by atoms with Gasteiger partial charge in [0.15, 0.2) is 17.1 Å². The lowest BCUT2D eigenvalue weighted by molar-refractivity contribution is 1.21. The Kier molecular flexibility index (Phi) is 4.61. The number of benzene rings is 5. The van der Waals surface area contributed by atoms with Crippen LogP contribution < -0.4 is 0 Å². The van der Waals surface area contributed by atoms with E-state index in [2.05, 4.69) is 24.5 Å². The maximum Gasteiger partial charge on any atom is 0.202 e. The van der Waals surface area contributed by atoms with Gasteiger partial charge in [-0.1, -0.05) is 30.3 Å². The van der Waals surface area contributed by atoms with Gasteiger partial charge in [0.25, 0.3) is 0 Å². The van der Waals surface area contributed by atoms with Crippen molar-refractivity contribution in [3.63, 3.8) is 0 Å². The second kappa shape index (κ2) is 7.99. The zero-order chi connectivity index (χ0) is 26.6. The van der Waals surface area contributed by atoms with Crippen molar-refractivity contribution in [1.29, 1.82) is 15.8 Å². The van der Waals surface area contributed by atoms with E-state index in [-0.39, 0.29) is 34.0 Å². The Morgan fingerprint density at radius 2 is 1.05 bits per heavy atom. The predicted molar refractivity (Wildman–Crippen MR) is 142 cm³/mol. The van der Waals surface area contributed by atoms with Crippen LogP contribution in [0, 0.1) is 53.7 Å². The van der Waals surface area contributed by atoms with Crippen LogP contribution in [0.1, 0.15) is 17.0 Å². The van der Waals surface area contributed by atoms with Gasteiger partial charge in [0.05, 0.1) is 42.4 Å². The molecule has 0 aliphatic heterocycles. The summed E-state index contributed by atoms with van der Waals surface area (Å²) >= 11 is 0. The van der Waals surface area contributed by atoms with Crippen LogP contribution in [0.25, 0.3) is 68.7 Å². The average Bonchev–Trinajstić information content (AvgIpc) is 2.97. The Labute approximate surface area is 214 Å². The van der Waals surface area contributed by atoms with Crippen molar-refractivity contribution >= 4 is 71.2 Å². The number of hydrogen-bond acceptors (Lipinski definition) is 5. The van der Waals surface area contributed by atoms with E-state index in [0.29, 0.717) is 38.0 Å². The van der Waals surface area contributed by atoms with Gasteiger partial charge in [-0.2, -0.15) is 15.8 Å². The first kappa shape index (κ1) is 21.9. The summed E-state index contributed by atoms with van der Waals surface area (Å²) in [4.78, 5) is 19.4. The molecule has 0 atom stereocenters. The van der Waals surface area contributed by atoms with Gasteiger partial charge in [-0.3, -0.25) is 14.5 Å². The summed E-state index contributed by atoms with van der Waals surface area (Å²) in [6.45, 7) is 23.0. The predicted octanol–water partition coefficient (Wildman–Crippen LogP) is 7.51. The molecule has 38 heavy (non-hydrogen) atoms. The number of aromatic nitrogens is 2. The fourth-order valence-corrected chi connectivity index (χ4v) is 4.97. The van der Waals surface area contributed by atoms with Crippen LogP contribution in [0.5, 0.6) is 0 Å². The lowest BCUT2D eigenvalue weighted by Crippen LogP contribution is -1.98. The molecule has 0 radical (unpaired) electrons. The van der Waals surface area contributed by atoms with Crippen LogP contribution >= 0.6 is 0 Å². The van der Waals surface area contributed by atoms with Crippen LogP contribution in [0.15, 0.2) is 48.5 Å². The number of rotatable bonds is 0. The third-order valence-corrected chi connectivity index (χ3v) is 6.61. The Bertz CT molecular complexity index is 2360. The molecule has 0 aliphatic carbocycles. The van der Waals surface area contributed by atoms with Crippen molar-refractivity contribution in [2.75, 3.05) is 0 Å². The smallest absolute Gasteiger partial charge is 0.202 e. The van der Waals surface area contributed by atoms with E-state index < -0.39 is 0 Å². The van der Waals surface area contributed by atoms with Crippen molar-refractivity contribution in [3.8, 4) is 18.2 Å². The van der Waals surface area contributed by atoms with Crippen LogP contribution in [-0.2, 0) is 0 Å². The third kappa shape index (κ3) is 2.78. The fourth-order valence-electron chi connectivity index (χ4n) is 4.97. The minimum absolute atomic E-state index is 0.000405. The van der Waals surface area contributed by atoms with Crippen molar-refractivity contribution in [3.05, 3.63) is 99.7 Å². The molecule has 0 fully saturated rings. The molecule has 8 nitrogen and oxygen atoms in total. The van der Waals surface area contributed by atoms with Crippen molar-refractivity contribution in [2.45, 2.75) is 0 Å². The van der Waals surface area contributed by atoms with Crippen molar-refractivity contribution in [1.82, 2.24) is 9.97 Å². The largest absolute Gasteiger partial charge is 0.262 e. The summed E-state index contributed by atoms with van der Waals surface area (Å²) < 4.78 is 0. The summed E-state index contributed by atoms with van der Waals surface area (Å²) in [6, 6.07) is 21.0. The van der Waals surface area contributed by atoms with Gasteiger partial charge in [0, 0.05) is 10.8 Å². The summed E-state index contributed by atoms with van der Waals surface area (Å²) in [7, 11) is 0. The molecule has 0 N–H and O–H groups in total. The van der Waals surface area contributed by atoms with Gasteiger partial charge in [-0.25, -0.2) is 9.97 Å². The van der Waals surface area contributed by atoms with E-state index in [4.69, 9.17) is 19.7 Å². The second-order valence-corrected chi connectivity index (χ2v) is 8.40. The molecule has 0 amide bonds. The highest BCUT2D eigenvalue weighted by Gasteiger charge is 2.23. The molecule has 0 saturated heterocycles. The number of fused-ring (bicyclic) bond motifs is 8. The normalized spacial score (nSPS) is 10.5. The molecule has 1 heterocycles. The van der Waals surface area contributed by atoms with Crippen LogP contribution in [-0.4, -0.2) is 9.97 Å². The van der Waals surface area contributed by atoms with Crippen LogP contribution in [0.3, 0.4) is 0 Å². The SMILES string of the molecule is [C-]#[N+]c1c([N+]#[C-])c([N+]#[C-])c2cc3c4cc5ccccc5cc4c4nc(C#N)c(C#N)nc4c3cc2c1C#N.